The van der Waals surface area contributed by atoms with Crippen molar-refractivity contribution >= 4 is 0 Å². The number of aliphatic hydroxyl groups is 1. The molecular formula is C8H13NO2. The standard InChI is InChI=1S/C8H13NO2/c1-6-2-3-8(11-6)7(10)4-5-9/h6-8,10H,2-4H2,1H3. The first-order valence-corrected chi connectivity index (χ1v) is 3.94. The van der Waals surface area contributed by atoms with E-state index in [4.69, 9.17) is 10.00 Å². The smallest absolute Gasteiger partial charge is 0.0931 e. The average Bonchev–Trinajstić information content (AvgIpc) is 2.36. The molecule has 0 radical (unpaired) electrons. The van der Waals surface area contributed by atoms with Gasteiger partial charge in [0, 0.05) is 0 Å². The van der Waals surface area contributed by atoms with Crippen LogP contribution in [0.3, 0.4) is 0 Å². The molecule has 1 heterocycles. The lowest BCUT2D eigenvalue weighted by Crippen LogP contribution is -2.25. The SMILES string of the molecule is CC1CCC(C(O)CC#N)O1. The Morgan fingerprint density at radius 1 is 1.73 bits per heavy atom. The highest BCUT2D eigenvalue weighted by Crippen LogP contribution is 2.22. The maximum Gasteiger partial charge on any atom is 0.0931 e. The first kappa shape index (κ1) is 8.51. The van der Waals surface area contributed by atoms with Gasteiger partial charge in [0.25, 0.3) is 0 Å². The molecule has 0 bridgehead atoms. The third kappa shape index (κ3) is 2.18. The number of nitrogens with zero attached hydrogens (tertiary/aromatic N) is 1. The number of hydrogen-bond donors (Lipinski definition) is 1. The van der Waals surface area contributed by atoms with Crippen LogP contribution in [-0.2, 0) is 4.74 Å². The molecule has 3 heteroatoms. The molecule has 11 heavy (non-hydrogen) atoms. The second-order valence-electron chi connectivity index (χ2n) is 2.99. The Morgan fingerprint density at radius 2 is 2.45 bits per heavy atom. The summed E-state index contributed by atoms with van der Waals surface area (Å²) in [7, 11) is 0. The van der Waals surface area contributed by atoms with E-state index >= 15 is 0 Å². The van der Waals surface area contributed by atoms with E-state index in [1.54, 1.807) is 0 Å². The Balaban J connectivity index is 2.32. The lowest BCUT2D eigenvalue weighted by atomic mass is 10.1. The number of aliphatic hydroxyl groups excluding tert-OH is 1. The molecule has 1 N–H and O–H groups in total. The van der Waals surface area contributed by atoms with Crippen LogP contribution >= 0.6 is 0 Å². The number of hydrogen-bond acceptors (Lipinski definition) is 3. The zero-order chi connectivity index (χ0) is 8.27. The molecule has 3 atom stereocenters. The minimum atomic E-state index is -0.593. The molecule has 0 amide bonds. The maximum absolute atomic E-state index is 9.32. The predicted molar refractivity (Wildman–Crippen MR) is 39.8 cm³/mol. The first-order valence-electron chi connectivity index (χ1n) is 3.94. The van der Waals surface area contributed by atoms with E-state index in [-0.39, 0.29) is 18.6 Å². The molecule has 1 aliphatic heterocycles. The van der Waals surface area contributed by atoms with Crippen molar-refractivity contribution in [1.82, 2.24) is 0 Å². The van der Waals surface area contributed by atoms with Crippen LogP contribution < -0.4 is 0 Å². The van der Waals surface area contributed by atoms with Crippen LogP contribution in [0, 0.1) is 11.3 Å². The van der Waals surface area contributed by atoms with Crippen molar-refractivity contribution in [3.63, 3.8) is 0 Å². The molecule has 1 fully saturated rings. The molecule has 1 rings (SSSR count). The monoisotopic (exact) mass is 155 g/mol. The van der Waals surface area contributed by atoms with Crippen LogP contribution in [0.5, 0.6) is 0 Å². The quantitative estimate of drug-likeness (QED) is 0.642. The molecule has 0 aliphatic carbocycles. The molecule has 3 unspecified atom stereocenters. The Kier molecular flexibility index (Phi) is 2.86. The zero-order valence-electron chi connectivity index (χ0n) is 6.66. The summed E-state index contributed by atoms with van der Waals surface area (Å²) >= 11 is 0. The third-order valence-corrected chi connectivity index (χ3v) is 1.99. The Hall–Kier alpha value is -0.590. The normalized spacial score (nSPS) is 33.2. The van der Waals surface area contributed by atoms with Crippen molar-refractivity contribution in [2.24, 2.45) is 0 Å². The Morgan fingerprint density at radius 3 is 2.91 bits per heavy atom. The summed E-state index contributed by atoms with van der Waals surface area (Å²) in [6, 6.07) is 1.93. The fourth-order valence-electron chi connectivity index (χ4n) is 1.34. The summed E-state index contributed by atoms with van der Waals surface area (Å²) in [5, 5.41) is 17.6. The topological polar surface area (TPSA) is 53.2 Å². The van der Waals surface area contributed by atoms with Gasteiger partial charge in [0.15, 0.2) is 0 Å². The van der Waals surface area contributed by atoms with Crippen molar-refractivity contribution in [2.75, 3.05) is 0 Å². The highest BCUT2D eigenvalue weighted by molar-refractivity contribution is 4.84. The minimum absolute atomic E-state index is 0.107. The highest BCUT2D eigenvalue weighted by Gasteiger charge is 2.27. The number of rotatable bonds is 2. The van der Waals surface area contributed by atoms with Crippen LogP contribution in [0.2, 0.25) is 0 Å². The van der Waals surface area contributed by atoms with E-state index in [0.717, 1.165) is 12.8 Å². The Bertz CT molecular complexity index is 164. The molecular weight excluding hydrogens is 142 g/mol. The van der Waals surface area contributed by atoms with Crippen LogP contribution in [0.15, 0.2) is 0 Å². The van der Waals surface area contributed by atoms with Crippen molar-refractivity contribution in [1.29, 1.82) is 5.26 Å². The van der Waals surface area contributed by atoms with Gasteiger partial charge in [-0.1, -0.05) is 0 Å². The van der Waals surface area contributed by atoms with Gasteiger partial charge in [0.2, 0.25) is 0 Å². The average molecular weight is 155 g/mol. The molecule has 3 nitrogen and oxygen atoms in total. The molecule has 1 aliphatic rings. The van der Waals surface area contributed by atoms with Gasteiger partial charge in [-0.05, 0) is 19.8 Å². The minimum Gasteiger partial charge on any atom is -0.389 e. The molecule has 0 aromatic carbocycles. The lowest BCUT2D eigenvalue weighted by molar-refractivity contribution is -0.0261. The zero-order valence-corrected chi connectivity index (χ0v) is 6.66. The second-order valence-corrected chi connectivity index (χ2v) is 2.99. The second kappa shape index (κ2) is 3.70. The molecule has 0 spiro atoms. The molecule has 0 aromatic rings. The van der Waals surface area contributed by atoms with Gasteiger partial charge in [0.05, 0.1) is 30.8 Å². The van der Waals surface area contributed by atoms with Gasteiger partial charge in [-0.2, -0.15) is 5.26 Å². The number of nitriles is 1. The third-order valence-electron chi connectivity index (χ3n) is 1.99. The summed E-state index contributed by atoms with van der Waals surface area (Å²) in [6.07, 6.45) is 1.59. The van der Waals surface area contributed by atoms with Gasteiger partial charge in [-0.25, -0.2) is 0 Å². The lowest BCUT2D eigenvalue weighted by Gasteiger charge is -2.14. The molecule has 62 valence electrons. The van der Waals surface area contributed by atoms with Crippen molar-refractivity contribution in [3.05, 3.63) is 0 Å². The predicted octanol–water partition coefficient (Wildman–Crippen LogP) is 0.828. The van der Waals surface area contributed by atoms with E-state index in [9.17, 15) is 5.11 Å². The Labute approximate surface area is 66.6 Å². The summed E-state index contributed by atoms with van der Waals surface area (Å²) in [4.78, 5) is 0. The van der Waals surface area contributed by atoms with Crippen LogP contribution in [0.4, 0.5) is 0 Å². The fraction of sp³-hybridized carbons (Fsp3) is 0.875. The maximum atomic E-state index is 9.32. The van der Waals surface area contributed by atoms with Crippen LogP contribution in [-0.4, -0.2) is 23.4 Å². The molecule has 0 aromatic heterocycles. The highest BCUT2D eigenvalue weighted by atomic mass is 16.5. The van der Waals surface area contributed by atoms with E-state index in [1.165, 1.54) is 0 Å². The van der Waals surface area contributed by atoms with Crippen LogP contribution in [0.25, 0.3) is 0 Å². The molecule has 0 saturated carbocycles. The largest absolute Gasteiger partial charge is 0.389 e. The van der Waals surface area contributed by atoms with Gasteiger partial charge in [0.1, 0.15) is 0 Å². The van der Waals surface area contributed by atoms with Gasteiger partial charge in [-0.3, -0.25) is 0 Å². The van der Waals surface area contributed by atoms with Gasteiger partial charge >= 0.3 is 0 Å². The van der Waals surface area contributed by atoms with E-state index in [2.05, 4.69) is 0 Å². The molecule has 1 saturated heterocycles. The van der Waals surface area contributed by atoms with E-state index in [0.29, 0.717) is 0 Å². The van der Waals surface area contributed by atoms with Gasteiger partial charge < -0.3 is 9.84 Å². The summed E-state index contributed by atoms with van der Waals surface area (Å²) in [5.41, 5.74) is 0. The van der Waals surface area contributed by atoms with Crippen molar-refractivity contribution in [2.45, 2.75) is 44.5 Å². The van der Waals surface area contributed by atoms with Crippen LogP contribution in [0.1, 0.15) is 26.2 Å². The first-order chi connectivity index (χ1) is 5.24. The van der Waals surface area contributed by atoms with Crippen molar-refractivity contribution in [3.8, 4) is 6.07 Å². The van der Waals surface area contributed by atoms with Gasteiger partial charge in [-0.15, -0.1) is 0 Å². The van der Waals surface area contributed by atoms with E-state index in [1.807, 2.05) is 13.0 Å². The fourth-order valence-corrected chi connectivity index (χ4v) is 1.34. The van der Waals surface area contributed by atoms with E-state index < -0.39 is 6.10 Å². The number of ether oxygens (including phenoxy) is 1. The summed E-state index contributed by atoms with van der Waals surface area (Å²) < 4.78 is 5.37. The van der Waals surface area contributed by atoms with Crippen molar-refractivity contribution < 1.29 is 9.84 Å². The summed E-state index contributed by atoms with van der Waals surface area (Å²) in [6.45, 7) is 1.99. The summed E-state index contributed by atoms with van der Waals surface area (Å²) in [5.74, 6) is 0.